The van der Waals surface area contributed by atoms with Crippen molar-refractivity contribution in [3.63, 3.8) is 0 Å². The van der Waals surface area contributed by atoms with Crippen molar-refractivity contribution in [2.45, 2.75) is 75.1 Å². The second kappa shape index (κ2) is 6.75. The van der Waals surface area contributed by atoms with Crippen LogP contribution >= 0.6 is 0 Å². The van der Waals surface area contributed by atoms with E-state index in [1.807, 2.05) is 6.92 Å². The Morgan fingerprint density at radius 1 is 1.25 bits per heavy atom. The zero-order chi connectivity index (χ0) is 22.6. The second-order valence-electron chi connectivity index (χ2n) is 11.0. The molecule has 0 aromatic heterocycles. The Labute approximate surface area is 188 Å². The maximum atomic E-state index is 14.6. The summed E-state index contributed by atoms with van der Waals surface area (Å²) in [5.74, 6) is -0.366. The highest BCUT2D eigenvalue weighted by atomic mass is 16.7. The Kier molecular flexibility index (Phi) is 4.53. The number of likely N-dealkylation sites (N-methyl/N-ethyl adjacent to an activating group) is 1. The molecule has 1 amide bonds. The second-order valence-corrected chi connectivity index (χ2v) is 11.0. The maximum Gasteiger partial charge on any atom is 0.210 e. The summed E-state index contributed by atoms with van der Waals surface area (Å²) in [7, 11) is 3.39. The molecule has 0 aromatic rings. The molecule has 178 valence electrons. The third-order valence-corrected chi connectivity index (χ3v) is 10.6. The Bertz CT molecular complexity index is 837. The summed E-state index contributed by atoms with van der Waals surface area (Å²) < 4.78 is 24.9. The minimum Gasteiger partial charge on any atom is -0.392 e. The van der Waals surface area contributed by atoms with E-state index in [0.29, 0.717) is 13.0 Å². The fraction of sp³-hybridized carbons (Fsp3) is 0.917. The van der Waals surface area contributed by atoms with Gasteiger partial charge in [0, 0.05) is 50.4 Å². The zero-order valence-corrected chi connectivity index (χ0v) is 19.4. The third-order valence-electron chi connectivity index (χ3n) is 10.6. The number of methoxy groups -OCH3 is 2. The van der Waals surface area contributed by atoms with E-state index < -0.39 is 28.8 Å². The molecule has 12 atom stereocenters. The summed E-state index contributed by atoms with van der Waals surface area (Å²) in [6.45, 7) is 4.56. The molecule has 6 aliphatic rings. The van der Waals surface area contributed by atoms with E-state index in [9.17, 15) is 14.7 Å². The van der Waals surface area contributed by atoms with Gasteiger partial charge in [0.15, 0.2) is 11.4 Å². The number of ether oxygens (including phenoxy) is 4. The maximum absolute atomic E-state index is 14.6. The van der Waals surface area contributed by atoms with Crippen LogP contribution in [0, 0.1) is 35.0 Å². The number of hydrogen-bond donors (Lipinski definition) is 1. The van der Waals surface area contributed by atoms with Crippen LogP contribution in [0.2, 0.25) is 0 Å². The molecule has 0 aromatic carbocycles. The molecule has 1 heterocycles. The molecular formula is C24H35NO7. The van der Waals surface area contributed by atoms with Crippen molar-refractivity contribution in [1.29, 1.82) is 0 Å². The first-order valence-corrected chi connectivity index (χ1v) is 12.2. The molecule has 0 unspecified atom stereocenters. The van der Waals surface area contributed by atoms with Crippen LogP contribution in [0.1, 0.15) is 39.5 Å². The Hall–Kier alpha value is -1.06. The molecule has 5 aliphatic carbocycles. The van der Waals surface area contributed by atoms with Gasteiger partial charge in [-0.1, -0.05) is 6.92 Å². The van der Waals surface area contributed by atoms with Gasteiger partial charge in [0.05, 0.1) is 24.4 Å². The number of hydrogen-bond acceptors (Lipinski definition) is 7. The van der Waals surface area contributed by atoms with Crippen LogP contribution < -0.4 is 0 Å². The van der Waals surface area contributed by atoms with E-state index in [0.717, 1.165) is 25.7 Å². The molecule has 4 bridgehead atoms. The fourth-order valence-electron chi connectivity index (χ4n) is 9.92. The number of carbonyl (C=O) groups is 2. The van der Waals surface area contributed by atoms with Crippen molar-refractivity contribution in [3.8, 4) is 0 Å². The van der Waals surface area contributed by atoms with E-state index in [4.69, 9.17) is 18.9 Å². The lowest BCUT2D eigenvalue weighted by atomic mass is 9.46. The summed E-state index contributed by atoms with van der Waals surface area (Å²) in [4.78, 5) is 28.9. The van der Waals surface area contributed by atoms with Gasteiger partial charge in [-0.15, -0.1) is 0 Å². The van der Waals surface area contributed by atoms with Gasteiger partial charge in [0.25, 0.3) is 0 Å². The Balaban J connectivity index is 1.70. The first-order valence-electron chi connectivity index (χ1n) is 12.2. The summed E-state index contributed by atoms with van der Waals surface area (Å²) in [5, 5.41) is 11.6. The summed E-state index contributed by atoms with van der Waals surface area (Å²) in [6, 6.07) is -0.479. The van der Waals surface area contributed by atoms with Crippen molar-refractivity contribution in [1.82, 2.24) is 4.90 Å². The molecule has 0 radical (unpaired) electrons. The van der Waals surface area contributed by atoms with Crippen LogP contribution in [0.4, 0.5) is 0 Å². The molecule has 1 N–H and O–H groups in total. The van der Waals surface area contributed by atoms with Crippen molar-refractivity contribution in [2.75, 3.05) is 27.6 Å². The number of rotatable bonds is 5. The lowest BCUT2D eigenvalue weighted by molar-refractivity contribution is -0.252. The predicted molar refractivity (Wildman–Crippen MR) is 111 cm³/mol. The van der Waals surface area contributed by atoms with Crippen molar-refractivity contribution < 1.29 is 33.6 Å². The fourth-order valence-corrected chi connectivity index (χ4v) is 9.92. The van der Waals surface area contributed by atoms with Gasteiger partial charge in [0.2, 0.25) is 6.41 Å². The quantitative estimate of drug-likeness (QED) is 0.626. The first-order chi connectivity index (χ1) is 15.4. The van der Waals surface area contributed by atoms with Crippen LogP contribution in [0.3, 0.4) is 0 Å². The van der Waals surface area contributed by atoms with E-state index in [1.54, 1.807) is 19.1 Å². The number of aliphatic hydroxyl groups excluding tert-OH is 1. The van der Waals surface area contributed by atoms with Gasteiger partial charge in [-0.3, -0.25) is 9.59 Å². The van der Waals surface area contributed by atoms with Crippen LogP contribution in [-0.2, 0) is 28.5 Å². The number of Topliss-reactive ketones (excluding diaryl/α,β-unsaturated/α-hetero) is 1. The standard InChI is InChI=1S/C24H35NO7/c1-5-25(10-26)21-23-14-8-13-15(29-3)9-22(18(14)19(13)27)24(21,32-11-31-22)20(28)17(23)12(2)6-7-16(23)30-4/h10,12-19,21,27H,5-9,11H2,1-4H3/t12-,13+,14+,15-,16-,17-,18+,19-,21-,22+,23-,24-/m0/s1. The van der Waals surface area contributed by atoms with E-state index in [-0.39, 0.29) is 54.4 Å². The molecule has 8 heteroatoms. The smallest absolute Gasteiger partial charge is 0.210 e. The summed E-state index contributed by atoms with van der Waals surface area (Å²) in [6.07, 6.45) is 2.80. The number of carbonyl (C=O) groups excluding carboxylic acids is 2. The molecule has 1 saturated heterocycles. The normalized spacial score (nSPS) is 57.3. The van der Waals surface area contributed by atoms with Crippen LogP contribution in [0.25, 0.3) is 0 Å². The topological polar surface area (TPSA) is 94.5 Å². The van der Waals surface area contributed by atoms with Gasteiger partial charge in [-0.2, -0.15) is 0 Å². The van der Waals surface area contributed by atoms with Crippen molar-refractivity contribution in [2.24, 2.45) is 35.0 Å². The highest BCUT2D eigenvalue weighted by Crippen LogP contribution is 2.78. The molecule has 3 spiro atoms. The number of aliphatic hydroxyl groups is 1. The minimum atomic E-state index is -1.31. The molecule has 8 nitrogen and oxygen atoms in total. The van der Waals surface area contributed by atoms with Gasteiger partial charge in [-0.25, -0.2) is 0 Å². The SMILES string of the molecule is CCN(C=O)[C@H]1[C@@]23[C@@H](OC)CC[C@H](C)[C@H]2C(=O)[C@]12OCO[C@@]21C[C@H](OC)[C@H]2C[C@@H]3[C@@H]1[C@H]2O. The third kappa shape index (κ3) is 1.94. The van der Waals surface area contributed by atoms with Crippen molar-refractivity contribution >= 4 is 12.2 Å². The zero-order valence-electron chi connectivity index (χ0n) is 19.4. The lowest BCUT2D eigenvalue weighted by Gasteiger charge is -2.64. The predicted octanol–water partition coefficient (Wildman–Crippen LogP) is 0.991. The molecule has 5 saturated carbocycles. The summed E-state index contributed by atoms with van der Waals surface area (Å²) >= 11 is 0. The van der Waals surface area contributed by atoms with Gasteiger partial charge >= 0.3 is 0 Å². The number of amides is 1. The number of fused-ring (bicyclic) bond motifs is 1. The van der Waals surface area contributed by atoms with E-state index in [2.05, 4.69) is 6.92 Å². The van der Waals surface area contributed by atoms with Gasteiger partial charge in [-0.05, 0) is 38.0 Å². The van der Waals surface area contributed by atoms with E-state index in [1.165, 1.54) is 0 Å². The number of ketones is 1. The Morgan fingerprint density at radius 2 is 2.03 bits per heavy atom. The average Bonchev–Trinajstić information content (AvgIpc) is 3.36. The highest BCUT2D eigenvalue weighted by molar-refractivity contribution is 5.98. The molecular weight excluding hydrogens is 414 g/mol. The molecule has 6 rings (SSSR count). The number of nitrogens with zero attached hydrogens (tertiary/aromatic N) is 1. The Morgan fingerprint density at radius 3 is 2.69 bits per heavy atom. The van der Waals surface area contributed by atoms with E-state index >= 15 is 0 Å². The molecule has 6 fully saturated rings. The van der Waals surface area contributed by atoms with Crippen molar-refractivity contribution in [3.05, 3.63) is 0 Å². The molecule has 1 aliphatic heterocycles. The molecule has 32 heavy (non-hydrogen) atoms. The van der Waals surface area contributed by atoms with Gasteiger partial charge in [0.1, 0.15) is 12.4 Å². The van der Waals surface area contributed by atoms with Crippen LogP contribution in [-0.4, -0.2) is 85.3 Å². The average molecular weight is 450 g/mol. The summed E-state index contributed by atoms with van der Waals surface area (Å²) in [5.41, 5.74) is -2.91. The lowest BCUT2D eigenvalue weighted by Crippen LogP contribution is -2.78. The monoisotopic (exact) mass is 449 g/mol. The van der Waals surface area contributed by atoms with Crippen LogP contribution in [0.5, 0.6) is 0 Å². The highest BCUT2D eigenvalue weighted by Gasteiger charge is 2.91. The first kappa shape index (κ1) is 21.5. The van der Waals surface area contributed by atoms with Crippen LogP contribution in [0.15, 0.2) is 0 Å². The van der Waals surface area contributed by atoms with Gasteiger partial charge < -0.3 is 29.0 Å². The largest absolute Gasteiger partial charge is 0.392 e. The minimum absolute atomic E-state index is 0.00940.